The van der Waals surface area contributed by atoms with Gasteiger partial charge in [-0.2, -0.15) is 0 Å². The number of aromatic amines is 1. The van der Waals surface area contributed by atoms with Crippen molar-refractivity contribution in [3.8, 4) is 0 Å². The lowest BCUT2D eigenvalue weighted by Gasteiger charge is -2.48. The van der Waals surface area contributed by atoms with Gasteiger partial charge in [0.25, 0.3) is 17.4 Å². The minimum Gasteiger partial charge on any atom is -0.365 e. The van der Waals surface area contributed by atoms with Crippen LogP contribution in [0.15, 0.2) is 11.0 Å². The number of nitrogens with one attached hydrogen (secondary N) is 2. The minimum absolute atomic E-state index is 0.0113. The molecule has 3 fully saturated rings. The predicted molar refractivity (Wildman–Crippen MR) is 106 cm³/mol. The van der Waals surface area contributed by atoms with E-state index in [2.05, 4.69) is 20.6 Å². The fourth-order valence-electron chi connectivity index (χ4n) is 5.09. The Morgan fingerprint density at radius 2 is 2.07 bits per heavy atom. The average molecular weight is 414 g/mol. The molecular formula is C20H26N6O4. The van der Waals surface area contributed by atoms with Gasteiger partial charge in [-0.25, -0.2) is 4.52 Å². The number of carbonyl (C=O) groups excluding carboxylic acids is 2. The molecule has 1 aliphatic carbocycles. The Labute approximate surface area is 173 Å². The molecule has 0 bridgehead atoms. The molecule has 1 unspecified atom stereocenters. The van der Waals surface area contributed by atoms with Crippen LogP contribution in [0.3, 0.4) is 0 Å². The molecule has 0 radical (unpaired) electrons. The van der Waals surface area contributed by atoms with Crippen molar-refractivity contribution in [2.45, 2.75) is 63.7 Å². The maximum Gasteiger partial charge on any atom is 0.276 e. The first kappa shape index (κ1) is 19.2. The Bertz CT molecular complexity index is 1050. The molecule has 2 aromatic heterocycles. The van der Waals surface area contributed by atoms with E-state index >= 15 is 0 Å². The first-order valence-corrected chi connectivity index (χ1v) is 10.5. The molecule has 1 saturated carbocycles. The summed E-state index contributed by atoms with van der Waals surface area (Å²) >= 11 is 0. The van der Waals surface area contributed by atoms with Crippen molar-refractivity contribution in [1.29, 1.82) is 0 Å². The fraction of sp³-hybridized carbons (Fsp3) is 0.650. The number of fused-ring (bicyclic) bond motifs is 2. The molecule has 2 saturated heterocycles. The first-order valence-electron chi connectivity index (χ1n) is 10.5. The maximum absolute atomic E-state index is 12.8. The van der Waals surface area contributed by atoms with E-state index in [1.165, 1.54) is 17.4 Å². The highest BCUT2D eigenvalue weighted by molar-refractivity contribution is 5.99. The monoisotopic (exact) mass is 414 g/mol. The highest BCUT2D eigenvalue weighted by Gasteiger charge is 2.48. The molecule has 30 heavy (non-hydrogen) atoms. The second-order valence-corrected chi connectivity index (χ2v) is 9.15. The maximum atomic E-state index is 12.8. The Balaban J connectivity index is 1.23. The minimum atomic E-state index is -0.578. The number of H-pyrrole nitrogens is 1. The molecule has 5 rings (SSSR count). The van der Waals surface area contributed by atoms with Crippen LogP contribution in [0.2, 0.25) is 0 Å². The van der Waals surface area contributed by atoms with Crippen LogP contribution < -0.4 is 10.9 Å². The van der Waals surface area contributed by atoms with Crippen molar-refractivity contribution in [2.24, 2.45) is 5.92 Å². The van der Waals surface area contributed by atoms with Crippen LogP contribution in [-0.4, -0.2) is 67.4 Å². The van der Waals surface area contributed by atoms with Crippen molar-refractivity contribution < 1.29 is 14.3 Å². The number of amides is 2. The molecule has 3 aliphatic rings. The van der Waals surface area contributed by atoms with Crippen LogP contribution in [-0.2, 0) is 9.53 Å². The largest absolute Gasteiger partial charge is 0.365 e. The quantitative estimate of drug-likeness (QED) is 0.750. The third kappa shape index (κ3) is 3.19. The number of hydrogen-bond donors (Lipinski definition) is 2. The number of aromatic nitrogens is 4. The molecule has 2 aliphatic heterocycles. The molecule has 3 atom stereocenters. The van der Waals surface area contributed by atoms with E-state index < -0.39 is 17.0 Å². The summed E-state index contributed by atoms with van der Waals surface area (Å²) in [7, 11) is 0. The molecule has 0 aromatic carbocycles. The summed E-state index contributed by atoms with van der Waals surface area (Å²) in [5.41, 5.74) is -0.286. The Morgan fingerprint density at radius 3 is 2.83 bits per heavy atom. The van der Waals surface area contributed by atoms with E-state index in [0.717, 1.165) is 19.3 Å². The van der Waals surface area contributed by atoms with E-state index in [9.17, 15) is 14.4 Å². The molecule has 2 amide bonds. The van der Waals surface area contributed by atoms with Gasteiger partial charge in [0.15, 0.2) is 11.2 Å². The van der Waals surface area contributed by atoms with Gasteiger partial charge in [-0.15, -0.1) is 5.10 Å². The standard InChI is InChI=1S/C20H26N6O4/c1-11-8-26-16(18(28)21-11)15(23-24-26)17(27)22-20(2)9-25(10-20)19(29)14-7-12-5-3-4-6-13(12)30-14/h8,12-14H,3-7,9-10H2,1-2H3,(H,21,28)(H,22,27)/t12-,13+,14?/m0/s1. The van der Waals surface area contributed by atoms with Gasteiger partial charge in [0.1, 0.15) is 6.10 Å². The SMILES string of the molecule is Cc1cn2nnc(C(=O)NC3(C)CN(C(=O)C4C[C@@H]5CCCC[C@H]5O4)C3)c2c(=O)[nH]1. The van der Waals surface area contributed by atoms with Gasteiger partial charge < -0.3 is 19.9 Å². The molecular weight excluding hydrogens is 388 g/mol. The number of likely N-dealkylation sites (tertiary alicyclic amines) is 1. The highest BCUT2D eigenvalue weighted by atomic mass is 16.5. The number of aryl methyl sites for hydroxylation is 1. The number of carbonyl (C=O) groups is 2. The topological polar surface area (TPSA) is 122 Å². The van der Waals surface area contributed by atoms with Crippen molar-refractivity contribution >= 4 is 17.3 Å². The van der Waals surface area contributed by atoms with Gasteiger partial charge in [-0.05, 0) is 39.0 Å². The summed E-state index contributed by atoms with van der Waals surface area (Å²) in [4.78, 5) is 42.2. The van der Waals surface area contributed by atoms with Crippen molar-refractivity contribution in [3.05, 3.63) is 27.9 Å². The van der Waals surface area contributed by atoms with E-state index in [-0.39, 0.29) is 29.3 Å². The van der Waals surface area contributed by atoms with Crippen molar-refractivity contribution in [3.63, 3.8) is 0 Å². The number of rotatable bonds is 3. The third-order valence-corrected chi connectivity index (χ3v) is 6.53. The lowest BCUT2D eigenvalue weighted by molar-refractivity contribution is -0.151. The number of hydrogen-bond acceptors (Lipinski definition) is 6. The van der Waals surface area contributed by atoms with Crippen LogP contribution in [0.1, 0.15) is 55.2 Å². The summed E-state index contributed by atoms with van der Waals surface area (Å²) < 4.78 is 7.33. The van der Waals surface area contributed by atoms with Crippen LogP contribution >= 0.6 is 0 Å². The molecule has 0 spiro atoms. The lowest BCUT2D eigenvalue weighted by atomic mass is 9.85. The van der Waals surface area contributed by atoms with E-state index in [1.54, 1.807) is 18.0 Å². The third-order valence-electron chi connectivity index (χ3n) is 6.53. The zero-order valence-corrected chi connectivity index (χ0v) is 17.2. The molecule has 4 heterocycles. The van der Waals surface area contributed by atoms with Crippen LogP contribution in [0.5, 0.6) is 0 Å². The Hall–Kier alpha value is -2.75. The Morgan fingerprint density at radius 1 is 1.30 bits per heavy atom. The zero-order valence-electron chi connectivity index (χ0n) is 17.2. The second kappa shape index (κ2) is 6.90. The fourth-order valence-corrected chi connectivity index (χ4v) is 5.09. The van der Waals surface area contributed by atoms with Crippen molar-refractivity contribution in [2.75, 3.05) is 13.1 Å². The summed E-state index contributed by atoms with van der Waals surface area (Å²) in [6.07, 6.45) is 6.86. The summed E-state index contributed by atoms with van der Waals surface area (Å²) in [5, 5.41) is 10.7. The van der Waals surface area contributed by atoms with Gasteiger partial charge in [0, 0.05) is 18.8 Å². The highest BCUT2D eigenvalue weighted by Crippen LogP contribution is 2.38. The summed E-state index contributed by atoms with van der Waals surface area (Å²) in [6.45, 7) is 4.42. The molecule has 10 nitrogen and oxygen atoms in total. The summed E-state index contributed by atoms with van der Waals surface area (Å²) in [5.74, 6) is 0.0396. The van der Waals surface area contributed by atoms with Crippen LogP contribution in [0.25, 0.3) is 5.52 Å². The second-order valence-electron chi connectivity index (χ2n) is 9.15. The van der Waals surface area contributed by atoms with Gasteiger partial charge in [0.2, 0.25) is 0 Å². The molecule has 2 aromatic rings. The van der Waals surface area contributed by atoms with E-state index in [1.807, 2.05) is 6.92 Å². The van der Waals surface area contributed by atoms with Crippen LogP contribution in [0.4, 0.5) is 0 Å². The van der Waals surface area contributed by atoms with Gasteiger partial charge >= 0.3 is 0 Å². The number of nitrogens with zero attached hydrogens (tertiary/aromatic N) is 4. The average Bonchev–Trinajstić information content (AvgIpc) is 3.29. The normalized spacial score (nSPS) is 27.5. The van der Waals surface area contributed by atoms with E-state index in [4.69, 9.17) is 4.74 Å². The first-order chi connectivity index (χ1) is 14.3. The Kier molecular flexibility index (Phi) is 4.42. The predicted octanol–water partition coefficient (Wildman–Crippen LogP) is 0.404. The van der Waals surface area contributed by atoms with Gasteiger partial charge in [-0.1, -0.05) is 18.1 Å². The smallest absolute Gasteiger partial charge is 0.276 e. The van der Waals surface area contributed by atoms with Crippen molar-refractivity contribution in [1.82, 2.24) is 30.0 Å². The van der Waals surface area contributed by atoms with Crippen LogP contribution in [0, 0.1) is 12.8 Å². The van der Waals surface area contributed by atoms with E-state index in [0.29, 0.717) is 24.7 Å². The zero-order chi connectivity index (χ0) is 21.0. The lowest BCUT2D eigenvalue weighted by Crippen LogP contribution is -2.70. The molecule has 160 valence electrons. The number of ether oxygens (including phenoxy) is 1. The van der Waals surface area contributed by atoms with Gasteiger partial charge in [0.05, 0.1) is 17.8 Å². The molecule has 10 heteroatoms. The van der Waals surface area contributed by atoms with Gasteiger partial charge in [-0.3, -0.25) is 14.4 Å². The molecule has 2 N–H and O–H groups in total. The summed E-state index contributed by atoms with van der Waals surface area (Å²) in [6, 6.07) is 0.